The fourth-order valence-corrected chi connectivity index (χ4v) is 3.57. The van der Waals surface area contributed by atoms with Gasteiger partial charge in [-0.2, -0.15) is 0 Å². The highest BCUT2D eigenvalue weighted by molar-refractivity contribution is 14.0. The van der Waals surface area contributed by atoms with Crippen molar-refractivity contribution in [2.24, 2.45) is 4.99 Å². The average molecular weight is 503 g/mol. The smallest absolute Gasteiger partial charge is 0.191 e. The number of rotatable bonds is 8. The lowest BCUT2D eigenvalue weighted by Gasteiger charge is -2.12. The van der Waals surface area contributed by atoms with Crippen LogP contribution in [0.5, 0.6) is 5.75 Å². The van der Waals surface area contributed by atoms with Gasteiger partial charge in [0.05, 0.1) is 24.3 Å². The lowest BCUT2D eigenvalue weighted by Crippen LogP contribution is -2.39. The maximum absolute atomic E-state index is 12.3. The van der Waals surface area contributed by atoms with E-state index in [1.807, 2.05) is 31.2 Å². The van der Waals surface area contributed by atoms with Crippen LogP contribution in [0.25, 0.3) is 0 Å². The Kier molecular flexibility index (Phi) is 10.2. The largest absolute Gasteiger partial charge is 0.496 e. The second kappa shape index (κ2) is 11.8. The van der Waals surface area contributed by atoms with Crippen LogP contribution < -0.4 is 15.4 Å². The molecule has 0 aliphatic carbocycles. The number of methoxy groups -OCH3 is 1. The van der Waals surface area contributed by atoms with Gasteiger partial charge in [0.25, 0.3) is 0 Å². The normalized spacial score (nSPS) is 11.4. The van der Waals surface area contributed by atoms with Gasteiger partial charge in [0, 0.05) is 18.7 Å². The summed E-state index contributed by atoms with van der Waals surface area (Å²) in [4.78, 5) is 4.84. The molecular weight excluding hydrogens is 477 g/mol. The molecule has 0 amide bonds. The molecule has 27 heavy (non-hydrogen) atoms. The van der Waals surface area contributed by atoms with Crippen molar-refractivity contribution in [1.82, 2.24) is 10.6 Å². The minimum Gasteiger partial charge on any atom is -0.496 e. The van der Waals surface area contributed by atoms with Crippen LogP contribution in [-0.4, -0.2) is 40.3 Å². The zero-order chi connectivity index (χ0) is 18.8. The fourth-order valence-electron chi connectivity index (χ4n) is 2.39. The monoisotopic (exact) mass is 503 g/mol. The average Bonchev–Trinajstić information content (AvgIpc) is 2.67. The standard InChI is InChI=1S/C19H25N3O3S.HI/c1-3-20-19(22-15-16-9-7-8-12-18(16)25-2)21-13-14-26(23,24)17-10-5-4-6-11-17;/h4-12H,3,13-15H2,1-2H3,(H2,20,21,22);1H. The van der Waals surface area contributed by atoms with Crippen molar-refractivity contribution in [2.75, 3.05) is 26.0 Å². The number of nitrogens with zero attached hydrogens (tertiary/aromatic N) is 1. The molecule has 0 aliphatic heterocycles. The zero-order valence-corrected chi connectivity index (χ0v) is 18.7. The Morgan fingerprint density at radius 3 is 2.37 bits per heavy atom. The molecule has 0 fully saturated rings. The number of hydrogen-bond acceptors (Lipinski definition) is 4. The maximum Gasteiger partial charge on any atom is 0.191 e. The number of nitrogens with one attached hydrogen (secondary N) is 2. The first-order valence-electron chi connectivity index (χ1n) is 8.48. The summed E-state index contributed by atoms with van der Waals surface area (Å²) in [7, 11) is -1.69. The molecule has 0 unspecified atom stereocenters. The highest BCUT2D eigenvalue weighted by atomic mass is 127. The topological polar surface area (TPSA) is 79.8 Å². The van der Waals surface area contributed by atoms with E-state index < -0.39 is 9.84 Å². The van der Waals surface area contributed by atoms with Crippen molar-refractivity contribution in [3.8, 4) is 5.75 Å². The number of sulfone groups is 1. The summed E-state index contributed by atoms with van der Waals surface area (Å²) in [6.07, 6.45) is 0. The molecule has 0 aliphatic rings. The molecule has 0 radical (unpaired) electrons. The molecule has 148 valence electrons. The molecule has 6 nitrogen and oxygen atoms in total. The van der Waals surface area contributed by atoms with Gasteiger partial charge in [0.15, 0.2) is 15.8 Å². The summed E-state index contributed by atoms with van der Waals surface area (Å²) in [5.41, 5.74) is 0.962. The predicted molar refractivity (Wildman–Crippen MR) is 120 cm³/mol. The highest BCUT2D eigenvalue weighted by Crippen LogP contribution is 2.17. The number of guanidine groups is 1. The second-order valence-electron chi connectivity index (χ2n) is 5.57. The first kappa shape index (κ1) is 23.2. The minimum atomic E-state index is -3.31. The van der Waals surface area contributed by atoms with Crippen molar-refractivity contribution in [1.29, 1.82) is 0 Å². The molecule has 2 aromatic rings. The quantitative estimate of drug-likeness (QED) is 0.329. The molecule has 2 rings (SSSR count). The van der Waals surface area contributed by atoms with E-state index in [1.54, 1.807) is 37.4 Å². The third kappa shape index (κ3) is 7.37. The van der Waals surface area contributed by atoms with Gasteiger partial charge in [-0.3, -0.25) is 0 Å². The molecule has 2 N–H and O–H groups in total. The number of ether oxygens (including phenoxy) is 1. The van der Waals surface area contributed by atoms with Gasteiger partial charge in [-0.15, -0.1) is 24.0 Å². The van der Waals surface area contributed by atoms with E-state index in [0.717, 1.165) is 11.3 Å². The van der Waals surface area contributed by atoms with Crippen LogP contribution in [0.2, 0.25) is 0 Å². The Balaban J connectivity index is 0.00000364. The van der Waals surface area contributed by atoms with E-state index in [9.17, 15) is 8.42 Å². The number of halogens is 1. The van der Waals surface area contributed by atoms with Crippen molar-refractivity contribution in [2.45, 2.75) is 18.4 Å². The van der Waals surface area contributed by atoms with Crippen molar-refractivity contribution >= 4 is 39.8 Å². The van der Waals surface area contributed by atoms with E-state index >= 15 is 0 Å². The summed E-state index contributed by atoms with van der Waals surface area (Å²) in [5.74, 6) is 1.34. The summed E-state index contributed by atoms with van der Waals surface area (Å²) in [5, 5.41) is 6.19. The van der Waals surface area contributed by atoms with Gasteiger partial charge >= 0.3 is 0 Å². The van der Waals surface area contributed by atoms with Crippen LogP contribution >= 0.6 is 24.0 Å². The van der Waals surface area contributed by atoms with Gasteiger partial charge in [0.2, 0.25) is 0 Å². The van der Waals surface area contributed by atoms with Gasteiger partial charge in [-0.05, 0) is 25.1 Å². The van der Waals surface area contributed by atoms with Crippen LogP contribution in [0.1, 0.15) is 12.5 Å². The first-order valence-corrected chi connectivity index (χ1v) is 10.1. The molecule has 0 saturated heterocycles. The van der Waals surface area contributed by atoms with Gasteiger partial charge in [0.1, 0.15) is 5.75 Å². The van der Waals surface area contributed by atoms with E-state index in [2.05, 4.69) is 15.6 Å². The first-order chi connectivity index (χ1) is 12.6. The molecule has 0 spiro atoms. The Hall–Kier alpha value is -1.81. The van der Waals surface area contributed by atoms with Crippen molar-refractivity contribution < 1.29 is 13.2 Å². The predicted octanol–water partition coefficient (Wildman–Crippen LogP) is 2.84. The van der Waals surface area contributed by atoms with Crippen LogP contribution in [0.15, 0.2) is 64.5 Å². The Labute approximate surface area is 178 Å². The second-order valence-corrected chi connectivity index (χ2v) is 7.67. The lowest BCUT2D eigenvalue weighted by molar-refractivity contribution is 0.410. The summed E-state index contributed by atoms with van der Waals surface area (Å²) >= 11 is 0. The van der Waals surface area contributed by atoms with Crippen molar-refractivity contribution in [3.63, 3.8) is 0 Å². The van der Waals surface area contributed by atoms with Gasteiger partial charge < -0.3 is 15.4 Å². The third-order valence-electron chi connectivity index (χ3n) is 3.71. The number of aliphatic imine (C=N–C) groups is 1. The third-order valence-corrected chi connectivity index (χ3v) is 5.44. The van der Waals surface area contributed by atoms with E-state index in [4.69, 9.17) is 4.74 Å². The Morgan fingerprint density at radius 1 is 1.04 bits per heavy atom. The molecule has 8 heteroatoms. The number of benzene rings is 2. The highest BCUT2D eigenvalue weighted by Gasteiger charge is 2.13. The molecule has 0 bridgehead atoms. The Bertz CT molecular complexity index is 827. The number of para-hydroxylation sites is 1. The van der Waals surface area contributed by atoms with Gasteiger partial charge in [-0.1, -0.05) is 36.4 Å². The molecule has 0 atom stereocenters. The minimum absolute atomic E-state index is 0. The molecule has 0 aromatic heterocycles. The van der Waals surface area contributed by atoms with Crippen LogP contribution in [0, 0.1) is 0 Å². The molecule has 2 aromatic carbocycles. The van der Waals surface area contributed by atoms with E-state index in [-0.39, 0.29) is 36.3 Å². The van der Waals surface area contributed by atoms with E-state index in [0.29, 0.717) is 23.9 Å². The summed E-state index contributed by atoms with van der Waals surface area (Å²) in [6.45, 7) is 3.35. The Morgan fingerprint density at radius 2 is 1.70 bits per heavy atom. The van der Waals surface area contributed by atoms with Crippen molar-refractivity contribution in [3.05, 3.63) is 60.2 Å². The summed E-state index contributed by atoms with van der Waals surface area (Å²) in [6, 6.07) is 16.1. The van der Waals surface area contributed by atoms with Crippen LogP contribution in [0.3, 0.4) is 0 Å². The fraction of sp³-hybridized carbons (Fsp3) is 0.316. The molecule has 0 heterocycles. The molecule has 0 saturated carbocycles. The molecular formula is C19H26IN3O3S. The van der Waals surface area contributed by atoms with E-state index in [1.165, 1.54) is 0 Å². The maximum atomic E-state index is 12.3. The zero-order valence-electron chi connectivity index (χ0n) is 15.5. The number of hydrogen-bond donors (Lipinski definition) is 2. The van der Waals surface area contributed by atoms with Crippen LogP contribution in [0.4, 0.5) is 0 Å². The SMILES string of the molecule is CCNC(=NCc1ccccc1OC)NCCS(=O)(=O)c1ccccc1.I. The van der Waals surface area contributed by atoms with Gasteiger partial charge in [-0.25, -0.2) is 13.4 Å². The summed E-state index contributed by atoms with van der Waals surface area (Å²) < 4.78 is 30.0. The lowest BCUT2D eigenvalue weighted by atomic mass is 10.2. The van der Waals surface area contributed by atoms with Crippen LogP contribution in [-0.2, 0) is 16.4 Å².